The molecule has 136 valence electrons. The van der Waals surface area contributed by atoms with E-state index in [2.05, 4.69) is 10.2 Å². The highest BCUT2D eigenvalue weighted by Crippen LogP contribution is 2.27. The monoisotopic (exact) mass is 427 g/mol. The number of nitrogens with zero attached hydrogens (tertiary/aromatic N) is 3. The molecule has 0 spiro atoms. The smallest absolute Gasteiger partial charge is 0.191 e. The molecule has 0 N–H and O–H groups in total. The van der Waals surface area contributed by atoms with Gasteiger partial charge in [-0.15, -0.1) is 10.2 Å². The van der Waals surface area contributed by atoms with Crippen molar-refractivity contribution in [1.82, 2.24) is 14.8 Å². The molecule has 0 atom stereocenters. The van der Waals surface area contributed by atoms with Crippen molar-refractivity contribution in [2.45, 2.75) is 21.6 Å². The van der Waals surface area contributed by atoms with Gasteiger partial charge in [0.05, 0.1) is 14.9 Å². The molecule has 3 rings (SSSR count). The number of hydrogen-bond acceptors (Lipinski definition) is 5. The SMILES string of the molecule is Cn1c(CS(=O)(=O)c2ccccc2)nnc1SCc1ccc(Cl)c(Cl)c1. The van der Waals surface area contributed by atoms with Crippen LogP contribution in [0, 0.1) is 0 Å². The van der Waals surface area contributed by atoms with Crippen LogP contribution in [0.4, 0.5) is 0 Å². The van der Waals surface area contributed by atoms with Gasteiger partial charge in [0, 0.05) is 12.8 Å². The zero-order valence-electron chi connectivity index (χ0n) is 13.8. The number of sulfone groups is 1. The standard InChI is InChI=1S/C17H15Cl2N3O2S2/c1-22-16(11-26(23,24)13-5-3-2-4-6-13)20-21-17(22)25-10-12-7-8-14(18)15(19)9-12/h2-9H,10-11H2,1H3. The molecule has 0 bridgehead atoms. The van der Waals surface area contributed by atoms with E-state index in [1.54, 1.807) is 54.1 Å². The van der Waals surface area contributed by atoms with E-state index < -0.39 is 9.84 Å². The van der Waals surface area contributed by atoms with Crippen molar-refractivity contribution in [2.75, 3.05) is 0 Å². The van der Waals surface area contributed by atoms with E-state index in [1.165, 1.54) is 11.8 Å². The van der Waals surface area contributed by atoms with Gasteiger partial charge in [0.25, 0.3) is 0 Å². The van der Waals surface area contributed by atoms with Crippen LogP contribution in [-0.2, 0) is 28.4 Å². The lowest BCUT2D eigenvalue weighted by molar-refractivity contribution is 0.591. The van der Waals surface area contributed by atoms with Crippen LogP contribution >= 0.6 is 35.0 Å². The van der Waals surface area contributed by atoms with Crippen LogP contribution in [0.25, 0.3) is 0 Å². The summed E-state index contributed by atoms with van der Waals surface area (Å²) >= 11 is 13.4. The van der Waals surface area contributed by atoms with Crippen LogP contribution in [-0.4, -0.2) is 23.2 Å². The van der Waals surface area contributed by atoms with Crippen LogP contribution in [0.2, 0.25) is 10.0 Å². The van der Waals surface area contributed by atoms with Crippen LogP contribution in [0.15, 0.2) is 58.6 Å². The summed E-state index contributed by atoms with van der Waals surface area (Å²) in [6.45, 7) is 0. The predicted octanol–water partition coefficient (Wildman–Crippen LogP) is 4.39. The number of aromatic nitrogens is 3. The van der Waals surface area contributed by atoms with E-state index in [4.69, 9.17) is 23.2 Å². The van der Waals surface area contributed by atoms with E-state index in [1.807, 2.05) is 6.07 Å². The molecule has 0 aliphatic rings. The zero-order chi connectivity index (χ0) is 18.7. The molecular formula is C17H15Cl2N3O2S2. The van der Waals surface area contributed by atoms with Crippen molar-refractivity contribution in [1.29, 1.82) is 0 Å². The molecule has 0 aliphatic heterocycles. The second-order valence-corrected chi connectivity index (χ2v) is 9.31. The molecule has 26 heavy (non-hydrogen) atoms. The van der Waals surface area contributed by atoms with E-state index in [0.29, 0.717) is 26.8 Å². The zero-order valence-corrected chi connectivity index (χ0v) is 16.9. The minimum Gasteiger partial charge on any atom is -0.308 e. The third-order valence-corrected chi connectivity index (χ3v) is 7.16. The van der Waals surface area contributed by atoms with E-state index >= 15 is 0 Å². The highest BCUT2D eigenvalue weighted by molar-refractivity contribution is 7.98. The molecule has 2 aromatic carbocycles. The van der Waals surface area contributed by atoms with Crippen LogP contribution < -0.4 is 0 Å². The topological polar surface area (TPSA) is 64.8 Å². The van der Waals surface area contributed by atoms with Gasteiger partial charge in [-0.1, -0.05) is 59.2 Å². The Morgan fingerprint density at radius 3 is 2.46 bits per heavy atom. The summed E-state index contributed by atoms with van der Waals surface area (Å²) in [6.07, 6.45) is 0. The lowest BCUT2D eigenvalue weighted by Crippen LogP contribution is -2.09. The summed E-state index contributed by atoms with van der Waals surface area (Å²) in [5.74, 6) is 0.813. The van der Waals surface area contributed by atoms with Gasteiger partial charge in [-0.05, 0) is 29.8 Å². The van der Waals surface area contributed by atoms with Crippen molar-refractivity contribution in [3.05, 3.63) is 70.0 Å². The maximum atomic E-state index is 12.5. The molecule has 0 saturated heterocycles. The Morgan fingerprint density at radius 1 is 1.04 bits per heavy atom. The predicted molar refractivity (Wildman–Crippen MR) is 104 cm³/mol. The number of rotatable bonds is 6. The minimum atomic E-state index is -3.46. The fraction of sp³-hybridized carbons (Fsp3) is 0.176. The maximum Gasteiger partial charge on any atom is 0.191 e. The van der Waals surface area contributed by atoms with Crippen LogP contribution in [0.3, 0.4) is 0 Å². The van der Waals surface area contributed by atoms with Gasteiger partial charge in [0.1, 0.15) is 11.6 Å². The van der Waals surface area contributed by atoms with Gasteiger partial charge >= 0.3 is 0 Å². The summed E-state index contributed by atoms with van der Waals surface area (Å²) in [5.41, 5.74) is 0.992. The fourth-order valence-corrected chi connectivity index (χ4v) is 4.78. The molecule has 0 amide bonds. The van der Waals surface area contributed by atoms with Crippen molar-refractivity contribution >= 4 is 44.8 Å². The Kier molecular flexibility index (Phi) is 5.92. The third-order valence-electron chi connectivity index (χ3n) is 3.70. The van der Waals surface area contributed by atoms with Crippen molar-refractivity contribution in [3.63, 3.8) is 0 Å². The van der Waals surface area contributed by atoms with Crippen molar-refractivity contribution in [3.8, 4) is 0 Å². The lowest BCUT2D eigenvalue weighted by Gasteiger charge is -2.06. The normalized spacial score (nSPS) is 11.7. The summed E-state index contributed by atoms with van der Waals surface area (Å²) in [5, 5.41) is 9.78. The van der Waals surface area contributed by atoms with Crippen molar-refractivity contribution < 1.29 is 8.42 Å². The van der Waals surface area contributed by atoms with Gasteiger partial charge in [0.2, 0.25) is 0 Å². The molecule has 0 radical (unpaired) electrons. The Hall–Kier alpha value is -1.54. The van der Waals surface area contributed by atoms with Gasteiger partial charge < -0.3 is 4.57 Å². The second kappa shape index (κ2) is 8.00. The Balaban J connectivity index is 1.72. The summed E-state index contributed by atoms with van der Waals surface area (Å²) in [4.78, 5) is 0.271. The Morgan fingerprint density at radius 2 is 1.77 bits per heavy atom. The second-order valence-electron chi connectivity index (χ2n) is 5.57. The third kappa shape index (κ3) is 4.40. The molecule has 9 heteroatoms. The van der Waals surface area contributed by atoms with E-state index in [0.717, 1.165) is 5.56 Å². The Labute approximate surface area is 166 Å². The van der Waals surface area contributed by atoms with Gasteiger partial charge in [0.15, 0.2) is 15.0 Å². The van der Waals surface area contributed by atoms with Gasteiger partial charge in [-0.2, -0.15) is 0 Å². The fourth-order valence-electron chi connectivity index (χ4n) is 2.25. The first-order valence-electron chi connectivity index (χ1n) is 7.59. The van der Waals surface area contributed by atoms with Crippen LogP contribution in [0.1, 0.15) is 11.4 Å². The molecule has 1 aromatic heterocycles. The first-order chi connectivity index (χ1) is 12.4. The van der Waals surface area contributed by atoms with Gasteiger partial charge in [-0.25, -0.2) is 8.42 Å². The number of thioether (sulfide) groups is 1. The molecule has 5 nitrogen and oxygen atoms in total. The molecule has 0 aliphatic carbocycles. The average molecular weight is 428 g/mol. The molecule has 0 fully saturated rings. The molecule has 0 unspecified atom stereocenters. The highest BCUT2D eigenvalue weighted by Gasteiger charge is 2.20. The van der Waals surface area contributed by atoms with Crippen LogP contribution in [0.5, 0.6) is 0 Å². The number of hydrogen-bond donors (Lipinski definition) is 0. The molecule has 0 saturated carbocycles. The largest absolute Gasteiger partial charge is 0.308 e. The maximum absolute atomic E-state index is 12.5. The molecule has 3 aromatic rings. The lowest BCUT2D eigenvalue weighted by atomic mass is 10.2. The number of halogens is 2. The van der Waals surface area contributed by atoms with E-state index in [-0.39, 0.29) is 10.6 Å². The van der Waals surface area contributed by atoms with E-state index in [9.17, 15) is 8.42 Å². The van der Waals surface area contributed by atoms with Crippen molar-refractivity contribution in [2.24, 2.45) is 7.05 Å². The summed E-state index contributed by atoms with van der Waals surface area (Å²) in [6, 6.07) is 13.8. The first-order valence-corrected chi connectivity index (χ1v) is 11.0. The summed E-state index contributed by atoms with van der Waals surface area (Å²) in [7, 11) is -1.71. The first kappa shape index (κ1) is 19.2. The minimum absolute atomic E-state index is 0.201. The highest BCUT2D eigenvalue weighted by atomic mass is 35.5. The Bertz CT molecular complexity index is 1020. The van der Waals surface area contributed by atoms with Gasteiger partial charge in [-0.3, -0.25) is 0 Å². The molecular weight excluding hydrogens is 413 g/mol. The summed E-state index contributed by atoms with van der Waals surface area (Å²) < 4.78 is 26.7. The molecule has 1 heterocycles. The number of benzene rings is 2. The average Bonchev–Trinajstić information content (AvgIpc) is 2.96. The quantitative estimate of drug-likeness (QED) is 0.545.